The van der Waals surface area contributed by atoms with Gasteiger partial charge in [-0.25, -0.2) is 0 Å². The normalized spacial score (nSPS) is 21.8. The van der Waals surface area contributed by atoms with Crippen LogP contribution in [0, 0.1) is 5.92 Å². The van der Waals surface area contributed by atoms with Gasteiger partial charge in [-0.05, 0) is 50.3 Å². The lowest BCUT2D eigenvalue weighted by Crippen LogP contribution is -2.52. The molecule has 1 unspecified atom stereocenters. The van der Waals surface area contributed by atoms with Gasteiger partial charge in [0.05, 0.1) is 10.0 Å². The molecule has 2 aliphatic heterocycles. The first-order chi connectivity index (χ1) is 12.1. The van der Waals surface area contributed by atoms with Gasteiger partial charge in [0.2, 0.25) is 11.8 Å². The van der Waals surface area contributed by atoms with E-state index in [9.17, 15) is 9.59 Å². The van der Waals surface area contributed by atoms with E-state index in [1.54, 1.807) is 23.1 Å². The molecule has 1 aromatic carbocycles. The summed E-state index contributed by atoms with van der Waals surface area (Å²) in [4.78, 5) is 27.4. The number of halogens is 2. The van der Waals surface area contributed by atoms with Gasteiger partial charge in [-0.2, -0.15) is 0 Å². The highest BCUT2D eigenvalue weighted by Gasteiger charge is 2.35. The zero-order chi connectivity index (χ0) is 17.8. The molecule has 7 heteroatoms. The number of hydrogen-bond acceptors (Lipinski definition) is 3. The molecule has 2 fully saturated rings. The van der Waals surface area contributed by atoms with E-state index in [1.165, 1.54) is 0 Å². The summed E-state index contributed by atoms with van der Waals surface area (Å²) in [6.07, 6.45) is 4.03. The summed E-state index contributed by atoms with van der Waals surface area (Å²) >= 11 is 11.9. The maximum absolute atomic E-state index is 12.9. The quantitative estimate of drug-likeness (QED) is 0.863. The minimum Gasteiger partial charge on any atom is -0.381 e. The number of benzene rings is 1. The van der Waals surface area contributed by atoms with Crippen molar-refractivity contribution in [3.05, 3.63) is 28.2 Å². The van der Waals surface area contributed by atoms with Crippen molar-refractivity contribution in [1.29, 1.82) is 0 Å². The van der Waals surface area contributed by atoms with Gasteiger partial charge in [0.1, 0.15) is 6.04 Å². The average molecular weight is 385 g/mol. The minimum absolute atomic E-state index is 0.0351. The smallest absolute Gasteiger partial charge is 0.247 e. The molecule has 5 nitrogen and oxygen atoms in total. The molecule has 2 saturated heterocycles. The zero-order valence-electron chi connectivity index (χ0n) is 14.0. The third-order valence-electron chi connectivity index (χ3n) is 4.85. The predicted octanol–water partition coefficient (Wildman–Crippen LogP) is 3.74. The average Bonchev–Trinajstić information content (AvgIpc) is 2.65. The molecule has 136 valence electrons. The van der Waals surface area contributed by atoms with Gasteiger partial charge in [-0.15, -0.1) is 0 Å². The molecule has 2 heterocycles. The number of ether oxygens (including phenoxy) is 1. The summed E-state index contributed by atoms with van der Waals surface area (Å²) in [5, 5.41) is 3.69. The standard InChI is InChI=1S/C18H22Cl2N2O3/c19-14-5-4-13(11-15(14)20)21-17(23)16-3-1-2-8-22(16)18(24)12-6-9-25-10-7-12/h4-5,11-12,16H,1-3,6-10H2,(H,21,23). The van der Waals surface area contributed by atoms with Crippen molar-refractivity contribution in [2.75, 3.05) is 25.1 Å². The largest absolute Gasteiger partial charge is 0.381 e. The molecule has 0 radical (unpaired) electrons. The molecule has 0 aliphatic carbocycles. The maximum Gasteiger partial charge on any atom is 0.247 e. The number of piperidine rings is 1. The van der Waals surface area contributed by atoms with Crippen LogP contribution in [0.25, 0.3) is 0 Å². The monoisotopic (exact) mass is 384 g/mol. The fourth-order valence-corrected chi connectivity index (χ4v) is 3.74. The number of hydrogen-bond donors (Lipinski definition) is 1. The number of carbonyl (C=O) groups is 2. The van der Waals surface area contributed by atoms with Crippen molar-refractivity contribution >= 4 is 40.7 Å². The van der Waals surface area contributed by atoms with Crippen molar-refractivity contribution in [2.45, 2.75) is 38.1 Å². The Kier molecular flexibility index (Phi) is 6.20. The summed E-state index contributed by atoms with van der Waals surface area (Å²) in [5.74, 6) is -0.122. The van der Waals surface area contributed by atoms with Crippen LogP contribution in [-0.2, 0) is 14.3 Å². The Morgan fingerprint density at radius 1 is 1.08 bits per heavy atom. The fourth-order valence-electron chi connectivity index (χ4n) is 3.45. The van der Waals surface area contributed by atoms with Crippen LogP contribution in [0.4, 0.5) is 5.69 Å². The first-order valence-corrected chi connectivity index (χ1v) is 9.46. The highest BCUT2D eigenvalue weighted by molar-refractivity contribution is 6.42. The Morgan fingerprint density at radius 2 is 1.84 bits per heavy atom. The molecular weight excluding hydrogens is 363 g/mol. The van der Waals surface area contributed by atoms with Crippen LogP contribution in [0.2, 0.25) is 10.0 Å². The Hall–Kier alpha value is -1.30. The fraction of sp³-hybridized carbons (Fsp3) is 0.556. The Bertz CT molecular complexity index is 647. The summed E-state index contributed by atoms with van der Waals surface area (Å²) in [7, 11) is 0. The van der Waals surface area contributed by atoms with Gasteiger partial charge in [0, 0.05) is 31.4 Å². The van der Waals surface area contributed by atoms with Gasteiger partial charge < -0.3 is 15.0 Å². The van der Waals surface area contributed by atoms with E-state index < -0.39 is 6.04 Å². The molecule has 2 amide bonds. The maximum atomic E-state index is 12.9. The molecule has 0 bridgehead atoms. The highest BCUT2D eigenvalue weighted by atomic mass is 35.5. The van der Waals surface area contributed by atoms with Gasteiger partial charge in [-0.3, -0.25) is 9.59 Å². The summed E-state index contributed by atoms with van der Waals surface area (Å²) < 4.78 is 5.34. The van der Waals surface area contributed by atoms with Crippen LogP contribution in [-0.4, -0.2) is 42.5 Å². The number of nitrogens with zero attached hydrogens (tertiary/aromatic N) is 1. The van der Waals surface area contributed by atoms with Crippen LogP contribution in [0.3, 0.4) is 0 Å². The molecule has 0 saturated carbocycles. The third-order valence-corrected chi connectivity index (χ3v) is 5.59. The molecule has 1 atom stereocenters. The van der Waals surface area contributed by atoms with Crippen LogP contribution in [0.5, 0.6) is 0 Å². The number of amides is 2. The molecule has 2 aliphatic rings. The van der Waals surface area contributed by atoms with Gasteiger partial charge in [0.15, 0.2) is 0 Å². The first-order valence-electron chi connectivity index (χ1n) is 8.70. The molecule has 0 aromatic heterocycles. The number of carbonyl (C=O) groups excluding carboxylic acids is 2. The summed E-state index contributed by atoms with van der Waals surface area (Å²) in [6, 6.07) is 4.54. The van der Waals surface area contributed by atoms with Gasteiger partial charge in [-0.1, -0.05) is 23.2 Å². The molecule has 3 rings (SSSR count). The topological polar surface area (TPSA) is 58.6 Å². The van der Waals surface area contributed by atoms with Gasteiger partial charge >= 0.3 is 0 Å². The van der Waals surface area contributed by atoms with E-state index in [2.05, 4.69) is 5.32 Å². The Morgan fingerprint density at radius 3 is 2.56 bits per heavy atom. The second kappa shape index (κ2) is 8.39. The van der Waals surface area contributed by atoms with Crippen molar-refractivity contribution in [1.82, 2.24) is 4.90 Å². The zero-order valence-corrected chi connectivity index (χ0v) is 15.5. The molecule has 25 heavy (non-hydrogen) atoms. The second-order valence-electron chi connectivity index (χ2n) is 6.55. The van der Waals surface area contributed by atoms with E-state index >= 15 is 0 Å². The van der Waals surface area contributed by atoms with E-state index in [1.807, 2.05) is 0 Å². The van der Waals surface area contributed by atoms with E-state index in [-0.39, 0.29) is 17.7 Å². The van der Waals surface area contributed by atoms with Crippen molar-refractivity contribution in [2.24, 2.45) is 5.92 Å². The minimum atomic E-state index is -0.432. The second-order valence-corrected chi connectivity index (χ2v) is 7.36. The lowest BCUT2D eigenvalue weighted by molar-refractivity contribution is -0.146. The number of rotatable bonds is 3. The SMILES string of the molecule is O=C(Nc1ccc(Cl)c(Cl)c1)C1CCCCN1C(=O)C1CCOCC1. The van der Waals surface area contributed by atoms with E-state index in [0.29, 0.717) is 41.9 Å². The van der Waals surface area contributed by atoms with E-state index in [0.717, 1.165) is 25.7 Å². The molecule has 1 aromatic rings. The van der Waals surface area contributed by atoms with Crippen LogP contribution >= 0.6 is 23.2 Å². The number of likely N-dealkylation sites (tertiary alicyclic amines) is 1. The summed E-state index contributed by atoms with van der Waals surface area (Å²) in [5.41, 5.74) is 0.587. The van der Waals surface area contributed by atoms with Crippen LogP contribution < -0.4 is 5.32 Å². The highest BCUT2D eigenvalue weighted by Crippen LogP contribution is 2.27. The number of nitrogens with one attached hydrogen (secondary N) is 1. The molecular formula is C18H22Cl2N2O3. The lowest BCUT2D eigenvalue weighted by atomic mass is 9.94. The lowest BCUT2D eigenvalue weighted by Gasteiger charge is -2.37. The predicted molar refractivity (Wildman–Crippen MR) is 98.0 cm³/mol. The van der Waals surface area contributed by atoms with Crippen molar-refractivity contribution < 1.29 is 14.3 Å². The summed E-state index contributed by atoms with van der Waals surface area (Å²) in [6.45, 7) is 1.87. The molecule has 0 spiro atoms. The van der Waals surface area contributed by atoms with Crippen molar-refractivity contribution in [3.8, 4) is 0 Å². The molecule has 1 N–H and O–H groups in total. The van der Waals surface area contributed by atoms with Crippen LogP contribution in [0.15, 0.2) is 18.2 Å². The first kappa shape index (κ1) is 18.5. The van der Waals surface area contributed by atoms with Crippen LogP contribution in [0.1, 0.15) is 32.1 Å². The van der Waals surface area contributed by atoms with Gasteiger partial charge in [0.25, 0.3) is 0 Å². The Balaban J connectivity index is 1.69. The van der Waals surface area contributed by atoms with Crippen molar-refractivity contribution in [3.63, 3.8) is 0 Å². The van der Waals surface area contributed by atoms with E-state index in [4.69, 9.17) is 27.9 Å². The Labute approximate surface area is 157 Å². The number of anilines is 1. The third kappa shape index (κ3) is 4.46.